The quantitative estimate of drug-likeness (QED) is 0.676. The third-order valence-corrected chi connectivity index (χ3v) is 5.86. The lowest BCUT2D eigenvalue weighted by atomic mass is 10.2. The van der Waals surface area contributed by atoms with Gasteiger partial charge in [0.05, 0.1) is 13.2 Å². The first kappa shape index (κ1) is 18.9. The standard InChI is InChI=1S/C18H18ClN5O3S/c19-13-4-2-1-3-12(13)9-20-14(25)10-24-11-21-16-15(17(24)26)28-18(22-16)23-5-7-27-8-6-23/h1-4,11H,5-10H2,(H,20,25). The molecule has 0 saturated carbocycles. The number of hydrogen-bond donors (Lipinski definition) is 1. The van der Waals surface area contributed by atoms with Crippen LogP contribution in [0.25, 0.3) is 10.3 Å². The van der Waals surface area contributed by atoms with E-state index in [-0.39, 0.29) is 18.0 Å². The zero-order valence-electron chi connectivity index (χ0n) is 14.9. The third-order valence-electron chi connectivity index (χ3n) is 4.40. The summed E-state index contributed by atoms with van der Waals surface area (Å²) < 4.78 is 7.09. The van der Waals surface area contributed by atoms with Crippen LogP contribution in [0.3, 0.4) is 0 Å². The minimum atomic E-state index is -0.291. The highest BCUT2D eigenvalue weighted by Gasteiger charge is 2.18. The van der Waals surface area contributed by atoms with Crippen LogP contribution in [0.4, 0.5) is 5.13 Å². The molecule has 0 spiro atoms. The molecule has 1 amide bonds. The second kappa shape index (κ2) is 8.26. The molecule has 4 rings (SSSR count). The SMILES string of the molecule is O=C(Cn1cnc2nc(N3CCOCC3)sc2c1=O)NCc1ccccc1Cl. The molecular formula is C18H18ClN5O3S. The minimum absolute atomic E-state index is 0.114. The van der Waals surface area contributed by atoms with Crippen molar-refractivity contribution in [3.63, 3.8) is 0 Å². The smallest absolute Gasteiger partial charge is 0.273 e. The third kappa shape index (κ3) is 4.01. The van der Waals surface area contributed by atoms with Crippen molar-refractivity contribution in [3.05, 3.63) is 51.5 Å². The fourth-order valence-electron chi connectivity index (χ4n) is 2.88. The van der Waals surface area contributed by atoms with Gasteiger partial charge in [0.1, 0.15) is 17.6 Å². The van der Waals surface area contributed by atoms with Crippen LogP contribution in [0.15, 0.2) is 35.4 Å². The molecule has 0 radical (unpaired) electrons. The Balaban J connectivity index is 1.47. The largest absolute Gasteiger partial charge is 0.378 e. The predicted molar refractivity (Wildman–Crippen MR) is 108 cm³/mol. The number of amides is 1. The minimum Gasteiger partial charge on any atom is -0.378 e. The van der Waals surface area contributed by atoms with E-state index in [9.17, 15) is 9.59 Å². The van der Waals surface area contributed by atoms with Crippen molar-refractivity contribution < 1.29 is 9.53 Å². The average Bonchev–Trinajstić information content (AvgIpc) is 3.15. The number of ether oxygens (including phenoxy) is 1. The van der Waals surface area contributed by atoms with Gasteiger partial charge >= 0.3 is 0 Å². The van der Waals surface area contributed by atoms with E-state index in [1.165, 1.54) is 22.2 Å². The Labute approximate surface area is 169 Å². The van der Waals surface area contributed by atoms with E-state index < -0.39 is 0 Å². The van der Waals surface area contributed by atoms with E-state index in [2.05, 4.69) is 20.2 Å². The second-order valence-corrected chi connectivity index (χ2v) is 7.68. The lowest BCUT2D eigenvalue weighted by molar-refractivity contribution is -0.121. The number of fused-ring (bicyclic) bond motifs is 1. The molecule has 146 valence electrons. The summed E-state index contributed by atoms with van der Waals surface area (Å²) in [5.41, 5.74) is 0.954. The highest BCUT2D eigenvalue weighted by molar-refractivity contribution is 7.22. The van der Waals surface area contributed by atoms with Crippen molar-refractivity contribution >= 4 is 44.3 Å². The number of rotatable bonds is 5. The van der Waals surface area contributed by atoms with Gasteiger partial charge < -0.3 is 15.0 Å². The summed E-state index contributed by atoms with van der Waals surface area (Å²) in [7, 11) is 0. The fraction of sp³-hybridized carbons (Fsp3) is 0.333. The summed E-state index contributed by atoms with van der Waals surface area (Å²) in [6.07, 6.45) is 1.36. The first-order chi connectivity index (χ1) is 13.6. The zero-order valence-corrected chi connectivity index (χ0v) is 16.5. The molecule has 3 heterocycles. The van der Waals surface area contributed by atoms with Gasteiger partial charge in [0.25, 0.3) is 5.56 Å². The summed E-state index contributed by atoms with van der Waals surface area (Å²) >= 11 is 7.39. The summed E-state index contributed by atoms with van der Waals surface area (Å²) in [6.45, 7) is 2.93. The molecule has 10 heteroatoms. The molecule has 0 bridgehead atoms. The number of hydrogen-bond acceptors (Lipinski definition) is 7. The van der Waals surface area contributed by atoms with Crippen molar-refractivity contribution in [2.24, 2.45) is 0 Å². The molecule has 3 aromatic rings. The van der Waals surface area contributed by atoms with Crippen molar-refractivity contribution in [1.82, 2.24) is 19.9 Å². The van der Waals surface area contributed by atoms with Crippen molar-refractivity contribution in [1.29, 1.82) is 0 Å². The Bertz CT molecular complexity index is 1060. The van der Waals surface area contributed by atoms with Crippen LogP contribution in [0.5, 0.6) is 0 Å². The maximum atomic E-state index is 12.7. The lowest BCUT2D eigenvalue weighted by Crippen LogP contribution is -2.36. The van der Waals surface area contributed by atoms with Crippen LogP contribution in [0.1, 0.15) is 5.56 Å². The molecular weight excluding hydrogens is 402 g/mol. The molecule has 0 aliphatic carbocycles. The normalized spacial score (nSPS) is 14.4. The van der Waals surface area contributed by atoms with Crippen LogP contribution < -0.4 is 15.8 Å². The molecule has 1 aromatic carbocycles. The number of nitrogens with zero attached hydrogens (tertiary/aromatic N) is 4. The second-order valence-electron chi connectivity index (χ2n) is 6.29. The van der Waals surface area contributed by atoms with Gasteiger partial charge in [-0.1, -0.05) is 41.1 Å². The predicted octanol–water partition coefficient (Wildman–Crippen LogP) is 1.66. The molecule has 28 heavy (non-hydrogen) atoms. The number of nitrogens with one attached hydrogen (secondary N) is 1. The van der Waals surface area contributed by atoms with Crippen molar-refractivity contribution in [2.45, 2.75) is 13.1 Å². The Morgan fingerprint density at radius 2 is 2.07 bits per heavy atom. The fourth-order valence-corrected chi connectivity index (χ4v) is 4.11. The Hall–Kier alpha value is -2.49. The highest BCUT2D eigenvalue weighted by atomic mass is 35.5. The number of benzene rings is 1. The van der Waals surface area contributed by atoms with Crippen LogP contribution >= 0.6 is 22.9 Å². The zero-order chi connectivity index (χ0) is 19.5. The van der Waals surface area contributed by atoms with Crippen LogP contribution in [-0.4, -0.2) is 46.7 Å². The van der Waals surface area contributed by atoms with E-state index in [1.54, 1.807) is 6.07 Å². The first-order valence-electron chi connectivity index (χ1n) is 8.80. The summed E-state index contributed by atoms with van der Waals surface area (Å²) in [5, 5.41) is 4.12. The summed E-state index contributed by atoms with van der Waals surface area (Å²) in [4.78, 5) is 35.8. The number of carbonyl (C=O) groups excluding carboxylic acids is 1. The van der Waals surface area contributed by atoms with E-state index >= 15 is 0 Å². The van der Waals surface area contributed by atoms with Crippen molar-refractivity contribution in [3.8, 4) is 0 Å². The molecule has 1 fully saturated rings. The van der Waals surface area contributed by atoms with Gasteiger partial charge in [0, 0.05) is 24.7 Å². The van der Waals surface area contributed by atoms with Gasteiger partial charge in [0.15, 0.2) is 10.8 Å². The van der Waals surface area contributed by atoms with E-state index in [4.69, 9.17) is 16.3 Å². The van der Waals surface area contributed by atoms with Gasteiger partial charge in [0.2, 0.25) is 5.91 Å². The molecule has 1 aliphatic heterocycles. The van der Waals surface area contributed by atoms with Crippen LogP contribution in [0.2, 0.25) is 5.02 Å². The molecule has 0 atom stereocenters. The lowest BCUT2D eigenvalue weighted by Gasteiger charge is -2.25. The monoisotopic (exact) mass is 419 g/mol. The number of anilines is 1. The van der Waals surface area contributed by atoms with Crippen LogP contribution in [0, 0.1) is 0 Å². The average molecular weight is 420 g/mol. The van der Waals surface area contributed by atoms with Crippen molar-refractivity contribution in [2.75, 3.05) is 31.2 Å². The summed E-state index contributed by atoms with van der Waals surface area (Å²) in [6, 6.07) is 7.29. The maximum Gasteiger partial charge on any atom is 0.273 e. The van der Waals surface area contributed by atoms with Gasteiger partial charge in [-0.15, -0.1) is 0 Å². The highest BCUT2D eigenvalue weighted by Crippen LogP contribution is 2.25. The molecule has 1 N–H and O–H groups in total. The van der Waals surface area contributed by atoms with Gasteiger partial charge in [-0.3, -0.25) is 14.2 Å². The number of carbonyl (C=O) groups is 1. The number of morpholine rings is 1. The molecule has 1 saturated heterocycles. The molecule has 2 aromatic heterocycles. The van der Waals surface area contributed by atoms with Gasteiger partial charge in [-0.25, -0.2) is 4.98 Å². The first-order valence-corrected chi connectivity index (χ1v) is 10.00. The van der Waals surface area contributed by atoms with Gasteiger partial charge in [-0.2, -0.15) is 4.98 Å². The Morgan fingerprint density at radius 1 is 1.29 bits per heavy atom. The van der Waals surface area contributed by atoms with E-state index in [0.717, 1.165) is 23.8 Å². The van der Waals surface area contributed by atoms with E-state index in [1.807, 2.05) is 18.2 Å². The van der Waals surface area contributed by atoms with Gasteiger partial charge in [-0.05, 0) is 11.6 Å². The Kier molecular flexibility index (Phi) is 5.56. The molecule has 1 aliphatic rings. The van der Waals surface area contributed by atoms with Crippen LogP contribution in [-0.2, 0) is 22.6 Å². The van der Waals surface area contributed by atoms with E-state index in [0.29, 0.717) is 35.1 Å². The number of aromatic nitrogens is 3. The number of thiazole rings is 1. The summed E-state index contributed by atoms with van der Waals surface area (Å²) in [5.74, 6) is -0.291. The molecule has 8 nitrogen and oxygen atoms in total. The maximum absolute atomic E-state index is 12.7. The number of halogens is 1. The topological polar surface area (TPSA) is 89.3 Å². The Morgan fingerprint density at radius 3 is 2.86 bits per heavy atom. The molecule has 0 unspecified atom stereocenters.